The van der Waals surface area contributed by atoms with Gasteiger partial charge < -0.3 is 19.7 Å². The van der Waals surface area contributed by atoms with Gasteiger partial charge in [0.05, 0.1) is 5.92 Å². The summed E-state index contributed by atoms with van der Waals surface area (Å²) in [7, 11) is 0. The highest BCUT2D eigenvalue weighted by atomic mass is 35.5. The van der Waals surface area contributed by atoms with E-state index in [-0.39, 0.29) is 18.2 Å². The number of amides is 2. The standard InChI is InChI=1S/C23H23ClN2O4/c24-18-6-2-1-5-15(18)13-26-14-16(11-21(26)27)22(28)25-17-7-8-19-20(12-17)30-23(29-19)9-3-4-10-23/h1-2,5-8,12,16H,3-4,9-11,13-14H2,(H,25,28). The van der Waals surface area contributed by atoms with Crippen LogP contribution in [0.15, 0.2) is 42.5 Å². The highest BCUT2D eigenvalue weighted by molar-refractivity contribution is 6.31. The number of rotatable bonds is 4. The van der Waals surface area contributed by atoms with Crippen LogP contribution >= 0.6 is 11.6 Å². The topological polar surface area (TPSA) is 67.9 Å². The second kappa shape index (κ2) is 7.51. The van der Waals surface area contributed by atoms with Crippen LogP contribution in [0.1, 0.15) is 37.7 Å². The highest BCUT2D eigenvalue weighted by Crippen LogP contribution is 2.47. The van der Waals surface area contributed by atoms with Gasteiger partial charge in [0.15, 0.2) is 11.5 Å². The van der Waals surface area contributed by atoms with E-state index in [1.54, 1.807) is 17.0 Å². The molecule has 1 spiro atoms. The van der Waals surface area contributed by atoms with Crippen molar-refractivity contribution in [3.05, 3.63) is 53.1 Å². The number of benzene rings is 2. The van der Waals surface area contributed by atoms with Crippen molar-refractivity contribution in [2.45, 2.75) is 44.4 Å². The SMILES string of the molecule is O=C(Nc1ccc2c(c1)OC1(CCCC1)O2)C1CC(=O)N(Cc2ccccc2Cl)C1. The molecule has 1 atom stereocenters. The van der Waals surface area contributed by atoms with Crippen molar-refractivity contribution in [2.75, 3.05) is 11.9 Å². The molecule has 2 heterocycles. The Hall–Kier alpha value is -2.73. The first-order valence-electron chi connectivity index (χ1n) is 10.4. The predicted molar refractivity (Wildman–Crippen MR) is 113 cm³/mol. The first kappa shape index (κ1) is 19.2. The number of nitrogens with zero attached hydrogens (tertiary/aromatic N) is 1. The van der Waals surface area contributed by atoms with Crippen LogP contribution in [0.3, 0.4) is 0 Å². The molecule has 0 aromatic heterocycles. The predicted octanol–water partition coefficient (Wildman–Crippen LogP) is 4.37. The zero-order chi connectivity index (χ0) is 20.7. The lowest BCUT2D eigenvalue weighted by Crippen LogP contribution is -2.34. The molecule has 1 aliphatic carbocycles. The van der Waals surface area contributed by atoms with Crippen molar-refractivity contribution in [3.8, 4) is 11.5 Å². The van der Waals surface area contributed by atoms with Crippen molar-refractivity contribution in [3.63, 3.8) is 0 Å². The molecule has 3 aliphatic rings. The molecule has 1 saturated carbocycles. The van der Waals surface area contributed by atoms with Crippen molar-refractivity contribution < 1.29 is 19.1 Å². The molecule has 6 nitrogen and oxygen atoms in total. The third kappa shape index (κ3) is 3.60. The van der Waals surface area contributed by atoms with Crippen LogP contribution in [0.2, 0.25) is 5.02 Å². The van der Waals surface area contributed by atoms with E-state index < -0.39 is 11.7 Å². The average molecular weight is 427 g/mol. The van der Waals surface area contributed by atoms with Gasteiger partial charge in [0, 0.05) is 49.1 Å². The van der Waals surface area contributed by atoms with E-state index in [4.69, 9.17) is 21.1 Å². The summed E-state index contributed by atoms with van der Waals surface area (Å²) in [5.41, 5.74) is 1.53. The minimum Gasteiger partial charge on any atom is -0.448 e. The van der Waals surface area contributed by atoms with Crippen LogP contribution in [-0.4, -0.2) is 29.0 Å². The Kier molecular flexibility index (Phi) is 4.82. The number of likely N-dealkylation sites (tertiary alicyclic amines) is 1. The fourth-order valence-corrected chi connectivity index (χ4v) is 4.66. The van der Waals surface area contributed by atoms with E-state index in [1.165, 1.54) is 0 Å². The third-order valence-electron chi connectivity index (χ3n) is 6.07. The van der Waals surface area contributed by atoms with E-state index in [0.717, 1.165) is 37.0 Å². The van der Waals surface area contributed by atoms with Crippen molar-refractivity contribution in [1.29, 1.82) is 0 Å². The van der Waals surface area contributed by atoms with Gasteiger partial charge in [0.2, 0.25) is 11.8 Å². The van der Waals surface area contributed by atoms with Gasteiger partial charge in [-0.1, -0.05) is 29.8 Å². The van der Waals surface area contributed by atoms with Gasteiger partial charge in [0.1, 0.15) is 0 Å². The maximum Gasteiger partial charge on any atom is 0.251 e. The molecule has 156 valence electrons. The van der Waals surface area contributed by atoms with Crippen LogP contribution in [0.5, 0.6) is 11.5 Å². The Morgan fingerprint density at radius 2 is 1.90 bits per heavy atom. The van der Waals surface area contributed by atoms with E-state index >= 15 is 0 Å². The molecule has 2 aromatic carbocycles. The number of fused-ring (bicyclic) bond motifs is 1. The Labute approximate surface area is 180 Å². The van der Waals surface area contributed by atoms with Gasteiger partial charge in [-0.2, -0.15) is 0 Å². The molecule has 0 radical (unpaired) electrons. The van der Waals surface area contributed by atoms with Gasteiger partial charge >= 0.3 is 0 Å². The normalized spacial score (nSPS) is 21.4. The largest absolute Gasteiger partial charge is 0.448 e. The van der Waals surface area contributed by atoms with Gasteiger partial charge in [0.25, 0.3) is 5.79 Å². The molecule has 1 saturated heterocycles. The van der Waals surface area contributed by atoms with E-state index in [0.29, 0.717) is 29.5 Å². The Bertz CT molecular complexity index is 1000. The lowest BCUT2D eigenvalue weighted by molar-refractivity contribution is -0.128. The van der Waals surface area contributed by atoms with Crippen molar-refractivity contribution in [1.82, 2.24) is 4.90 Å². The number of ether oxygens (including phenoxy) is 2. The van der Waals surface area contributed by atoms with E-state index in [1.807, 2.05) is 30.3 Å². The van der Waals surface area contributed by atoms with Crippen molar-refractivity contribution in [2.24, 2.45) is 5.92 Å². The van der Waals surface area contributed by atoms with Crippen LogP contribution < -0.4 is 14.8 Å². The third-order valence-corrected chi connectivity index (χ3v) is 6.44. The number of halogens is 1. The first-order valence-corrected chi connectivity index (χ1v) is 10.7. The summed E-state index contributed by atoms with van der Waals surface area (Å²) in [6.45, 7) is 0.790. The fraction of sp³-hybridized carbons (Fsp3) is 0.391. The van der Waals surface area contributed by atoms with Crippen LogP contribution in [0, 0.1) is 5.92 Å². The Morgan fingerprint density at radius 3 is 2.70 bits per heavy atom. The van der Waals surface area contributed by atoms with E-state index in [2.05, 4.69) is 5.32 Å². The number of anilines is 1. The van der Waals surface area contributed by atoms with Crippen LogP contribution in [0.4, 0.5) is 5.69 Å². The molecule has 2 aromatic rings. The number of hydrogen-bond acceptors (Lipinski definition) is 4. The zero-order valence-corrected chi connectivity index (χ0v) is 17.3. The molecule has 7 heteroatoms. The maximum absolute atomic E-state index is 12.8. The summed E-state index contributed by atoms with van der Waals surface area (Å²) in [6, 6.07) is 12.9. The van der Waals surface area contributed by atoms with Crippen LogP contribution in [-0.2, 0) is 16.1 Å². The van der Waals surface area contributed by atoms with Gasteiger partial charge in [-0.05, 0) is 36.6 Å². The van der Waals surface area contributed by atoms with Gasteiger partial charge in [-0.15, -0.1) is 0 Å². The number of carbonyl (C=O) groups excluding carboxylic acids is 2. The summed E-state index contributed by atoms with van der Waals surface area (Å²) in [5.74, 6) is 0.256. The zero-order valence-electron chi connectivity index (χ0n) is 16.5. The molecule has 2 fully saturated rings. The monoisotopic (exact) mass is 426 g/mol. The second-order valence-corrected chi connectivity index (χ2v) is 8.65. The molecule has 5 rings (SSSR count). The highest BCUT2D eigenvalue weighted by Gasteiger charge is 2.44. The fourth-order valence-electron chi connectivity index (χ4n) is 4.47. The van der Waals surface area contributed by atoms with Crippen LogP contribution in [0.25, 0.3) is 0 Å². The average Bonchev–Trinajstić information content (AvgIpc) is 3.43. The summed E-state index contributed by atoms with van der Waals surface area (Å²) in [4.78, 5) is 26.9. The molecular formula is C23H23ClN2O4. The quantitative estimate of drug-likeness (QED) is 0.788. The summed E-state index contributed by atoms with van der Waals surface area (Å²) in [5, 5.41) is 3.55. The molecule has 2 amide bonds. The summed E-state index contributed by atoms with van der Waals surface area (Å²) >= 11 is 6.21. The lowest BCUT2D eigenvalue weighted by atomic mass is 10.1. The smallest absolute Gasteiger partial charge is 0.251 e. The Balaban J connectivity index is 1.22. The maximum atomic E-state index is 12.8. The molecule has 1 unspecified atom stereocenters. The summed E-state index contributed by atoms with van der Waals surface area (Å²) in [6.07, 6.45) is 4.16. The number of carbonyl (C=O) groups is 2. The molecule has 0 bridgehead atoms. The molecule has 1 N–H and O–H groups in total. The molecular weight excluding hydrogens is 404 g/mol. The number of nitrogens with one attached hydrogen (secondary N) is 1. The van der Waals surface area contributed by atoms with Crippen molar-refractivity contribution >= 4 is 29.1 Å². The number of hydrogen-bond donors (Lipinski definition) is 1. The summed E-state index contributed by atoms with van der Waals surface area (Å²) < 4.78 is 12.1. The van der Waals surface area contributed by atoms with E-state index in [9.17, 15) is 9.59 Å². The van der Waals surface area contributed by atoms with Gasteiger partial charge in [-0.25, -0.2) is 0 Å². The minimum atomic E-state index is -0.526. The first-order chi connectivity index (χ1) is 14.5. The molecule has 30 heavy (non-hydrogen) atoms. The Morgan fingerprint density at radius 1 is 1.13 bits per heavy atom. The lowest BCUT2D eigenvalue weighted by Gasteiger charge is -2.21. The molecule has 2 aliphatic heterocycles. The second-order valence-electron chi connectivity index (χ2n) is 8.24. The van der Waals surface area contributed by atoms with Gasteiger partial charge in [-0.3, -0.25) is 9.59 Å². The minimum absolute atomic E-state index is 0.0380.